The molecule has 0 bridgehead atoms. The second kappa shape index (κ2) is 10.7. The largest absolute Gasteiger partial charge is 0.460 e. The maximum Gasteiger partial charge on any atom is 0.347 e. The predicted octanol–water partition coefficient (Wildman–Crippen LogP) is 0.504. The molecule has 144 valence electrons. The van der Waals surface area contributed by atoms with E-state index in [2.05, 4.69) is 0 Å². The summed E-state index contributed by atoms with van der Waals surface area (Å²) >= 11 is 0. The van der Waals surface area contributed by atoms with Crippen molar-refractivity contribution < 1.29 is 43.2 Å². The summed E-state index contributed by atoms with van der Waals surface area (Å²) in [7, 11) is 0. The minimum Gasteiger partial charge on any atom is -0.460 e. The fourth-order valence-electron chi connectivity index (χ4n) is 1.49. The molecule has 0 saturated heterocycles. The molecule has 25 heavy (non-hydrogen) atoms. The number of carbonyl (C=O) groups is 4. The number of ether oxygens (including phenoxy) is 4. The molecule has 0 saturated carbocycles. The molecule has 0 heterocycles. The fraction of sp³-hybridized carbons (Fsp3) is 0.750. The molecule has 0 rings (SSSR count). The summed E-state index contributed by atoms with van der Waals surface area (Å²) in [4.78, 5) is 46.3. The van der Waals surface area contributed by atoms with Gasteiger partial charge in [0.15, 0.2) is 18.3 Å². The molecule has 0 spiro atoms. The van der Waals surface area contributed by atoms with Crippen LogP contribution in [0.1, 0.15) is 48.0 Å². The van der Waals surface area contributed by atoms with Crippen molar-refractivity contribution in [3.05, 3.63) is 0 Å². The van der Waals surface area contributed by atoms with Crippen LogP contribution >= 0.6 is 0 Å². The molecule has 3 atom stereocenters. The number of hydrogen-bond acceptors (Lipinski definition) is 9. The van der Waals surface area contributed by atoms with Crippen LogP contribution in [0, 0.1) is 0 Å². The van der Waals surface area contributed by atoms with Gasteiger partial charge in [0.2, 0.25) is 0 Å². The van der Waals surface area contributed by atoms with Gasteiger partial charge in [0.25, 0.3) is 0 Å². The number of rotatable bonds is 9. The third-order valence-electron chi connectivity index (χ3n) is 2.60. The summed E-state index contributed by atoms with van der Waals surface area (Å²) in [6, 6.07) is 0. The smallest absolute Gasteiger partial charge is 0.347 e. The van der Waals surface area contributed by atoms with Crippen LogP contribution in [0.3, 0.4) is 0 Å². The molecular formula is C16H26O9. The normalized spacial score (nSPS) is 14.4. The second-order valence-corrected chi connectivity index (χ2v) is 5.90. The molecule has 9 nitrogen and oxygen atoms in total. The lowest BCUT2D eigenvalue weighted by Gasteiger charge is -2.17. The molecular weight excluding hydrogens is 336 g/mol. The van der Waals surface area contributed by atoms with Gasteiger partial charge in [-0.1, -0.05) is 0 Å². The van der Waals surface area contributed by atoms with E-state index in [9.17, 15) is 24.3 Å². The molecule has 0 aliphatic heterocycles. The standard InChI is InChI=1S/C16H26O9/c1-8(2)22-14(19)10(5)24-13(18)7-12(17)16(21)25-11(6)15(20)23-9(3)4/h8-12,17H,7H2,1-6H3. The lowest BCUT2D eigenvalue weighted by Crippen LogP contribution is -2.35. The van der Waals surface area contributed by atoms with Crippen LogP contribution in [0.25, 0.3) is 0 Å². The van der Waals surface area contributed by atoms with Gasteiger partial charge in [-0.3, -0.25) is 4.79 Å². The molecule has 0 aliphatic rings. The molecule has 9 heteroatoms. The Balaban J connectivity index is 4.40. The van der Waals surface area contributed by atoms with Crippen LogP contribution < -0.4 is 0 Å². The third-order valence-corrected chi connectivity index (χ3v) is 2.60. The van der Waals surface area contributed by atoms with Crippen LogP contribution in [0.2, 0.25) is 0 Å². The molecule has 1 N–H and O–H groups in total. The number of esters is 4. The first-order chi connectivity index (χ1) is 11.4. The summed E-state index contributed by atoms with van der Waals surface area (Å²) in [6.45, 7) is 9.11. The molecule has 0 aliphatic carbocycles. The van der Waals surface area contributed by atoms with Gasteiger partial charge >= 0.3 is 23.9 Å². The Labute approximate surface area is 146 Å². The SMILES string of the molecule is CC(C)OC(=O)C(C)OC(=O)CC(O)C(=O)OC(C)C(=O)OC(C)C. The van der Waals surface area contributed by atoms with Gasteiger partial charge in [0.05, 0.1) is 18.6 Å². The lowest BCUT2D eigenvalue weighted by atomic mass is 10.2. The Morgan fingerprint density at radius 2 is 1.08 bits per heavy atom. The van der Waals surface area contributed by atoms with Crippen molar-refractivity contribution in [1.29, 1.82) is 0 Å². The van der Waals surface area contributed by atoms with E-state index in [0.29, 0.717) is 0 Å². The molecule has 0 amide bonds. The molecule has 0 aromatic heterocycles. The molecule has 0 aromatic carbocycles. The zero-order chi connectivity index (χ0) is 19.7. The van der Waals surface area contributed by atoms with Crippen molar-refractivity contribution in [2.45, 2.75) is 78.5 Å². The number of carbonyl (C=O) groups excluding carboxylic acids is 4. The van der Waals surface area contributed by atoms with E-state index < -0.39 is 48.6 Å². The van der Waals surface area contributed by atoms with Gasteiger partial charge in [0.1, 0.15) is 0 Å². The minimum atomic E-state index is -1.84. The van der Waals surface area contributed by atoms with E-state index in [1.54, 1.807) is 27.7 Å². The zero-order valence-electron chi connectivity index (χ0n) is 15.3. The number of hydrogen-bond donors (Lipinski definition) is 1. The molecule has 3 unspecified atom stereocenters. The van der Waals surface area contributed by atoms with E-state index in [1.807, 2.05) is 0 Å². The van der Waals surface area contributed by atoms with Crippen LogP contribution in [0.4, 0.5) is 0 Å². The first-order valence-electron chi connectivity index (χ1n) is 7.93. The summed E-state index contributed by atoms with van der Waals surface area (Å²) in [6.07, 6.45) is -5.75. The highest BCUT2D eigenvalue weighted by atomic mass is 16.6. The van der Waals surface area contributed by atoms with Crippen LogP contribution in [-0.2, 0) is 38.1 Å². The van der Waals surface area contributed by atoms with Crippen LogP contribution in [0.15, 0.2) is 0 Å². The highest BCUT2D eigenvalue weighted by Crippen LogP contribution is 2.06. The summed E-state index contributed by atoms with van der Waals surface area (Å²) < 4.78 is 19.2. The van der Waals surface area contributed by atoms with Crippen molar-refractivity contribution in [1.82, 2.24) is 0 Å². The maximum absolute atomic E-state index is 11.7. The van der Waals surface area contributed by atoms with Crippen molar-refractivity contribution in [3.8, 4) is 0 Å². The molecule has 0 radical (unpaired) electrons. The van der Waals surface area contributed by atoms with Gasteiger partial charge in [-0.15, -0.1) is 0 Å². The van der Waals surface area contributed by atoms with Gasteiger partial charge in [-0.25, -0.2) is 14.4 Å². The highest BCUT2D eigenvalue weighted by molar-refractivity contribution is 5.85. The summed E-state index contributed by atoms with van der Waals surface area (Å²) in [5.41, 5.74) is 0. The Bertz CT molecular complexity index is 484. The summed E-state index contributed by atoms with van der Waals surface area (Å²) in [5, 5.41) is 9.65. The van der Waals surface area contributed by atoms with Crippen molar-refractivity contribution in [2.24, 2.45) is 0 Å². The Morgan fingerprint density at radius 1 is 0.680 bits per heavy atom. The van der Waals surface area contributed by atoms with Crippen LogP contribution in [-0.4, -0.2) is 59.5 Å². The van der Waals surface area contributed by atoms with Gasteiger partial charge in [0, 0.05) is 0 Å². The monoisotopic (exact) mass is 362 g/mol. The summed E-state index contributed by atoms with van der Waals surface area (Å²) in [5.74, 6) is -3.69. The molecule has 0 aromatic rings. The average Bonchev–Trinajstić information content (AvgIpc) is 2.45. The Morgan fingerprint density at radius 3 is 1.48 bits per heavy atom. The van der Waals surface area contributed by atoms with Gasteiger partial charge < -0.3 is 24.1 Å². The predicted molar refractivity (Wildman–Crippen MR) is 84.2 cm³/mol. The number of aliphatic hydroxyl groups excluding tert-OH is 1. The van der Waals surface area contributed by atoms with Crippen LogP contribution in [0.5, 0.6) is 0 Å². The third kappa shape index (κ3) is 9.65. The quantitative estimate of drug-likeness (QED) is 0.461. The van der Waals surface area contributed by atoms with E-state index in [1.165, 1.54) is 13.8 Å². The Kier molecular flexibility index (Phi) is 9.73. The van der Waals surface area contributed by atoms with Crippen molar-refractivity contribution in [2.75, 3.05) is 0 Å². The fourth-order valence-corrected chi connectivity index (χ4v) is 1.49. The Hall–Kier alpha value is -2.16. The van der Waals surface area contributed by atoms with E-state index in [0.717, 1.165) is 0 Å². The first-order valence-corrected chi connectivity index (χ1v) is 7.93. The first kappa shape index (κ1) is 22.8. The second-order valence-electron chi connectivity index (χ2n) is 5.90. The van der Waals surface area contributed by atoms with Gasteiger partial charge in [-0.2, -0.15) is 0 Å². The van der Waals surface area contributed by atoms with E-state index in [-0.39, 0.29) is 12.2 Å². The van der Waals surface area contributed by atoms with E-state index in [4.69, 9.17) is 18.9 Å². The average molecular weight is 362 g/mol. The minimum absolute atomic E-state index is 0.374. The lowest BCUT2D eigenvalue weighted by molar-refractivity contribution is -0.177. The van der Waals surface area contributed by atoms with Crippen molar-refractivity contribution >= 4 is 23.9 Å². The zero-order valence-corrected chi connectivity index (χ0v) is 15.3. The number of aliphatic hydroxyl groups is 1. The molecule has 0 fully saturated rings. The topological polar surface area (TPSA) is 125 Å². The maximum atomic E-state index is 11.7. The van der Waals surface area contributed by atoms with Gasteiger partial charge in [-0.05, 0) is 41.5 Å². The highest BCUT2D eigenvalue weighted by Gasteiger charge is 2.28. The van der Waals surface area contributed by atoms with E-state index >= 15 is 0 Å². The van der Waals surface area contributed by atoms with Crippen molar-refractivity contribution in [3.63, 3.8) is 0 Å².